The zero-order chi connectivity index (χ0) is 13.0. The molecule has 1 atom stereocenters. The molecular weight excluding hydrogens is 310 g/mol. The van der Waals surface area contributed by atoms with Gasteiger partial charge in [-0.05, 0) is 23.9 Å². The number of carbonyl (C=O) groups is 1. The maximum absolute atomic E-state index is 12.1. The van der Waals surface area contributed by atoms with E-state index in [1.807, 2.05) is 54.1 Å². The second-order valence-electron chi connectivity index (χ2n) is 4.30. The molecule has 1 amide bonds. The average Bonchev–Trinajstić information content (AvgIpc) is 2.93. The zero-order valence-corrected chi connectivity index (χ0v) is 12.4. The number of rotatable bonds is 4. The summed E-state index contributed by atoms with van der Waals surface area (Å²) in [5.74, 6) is -0.0398. The Kier molecular flexibility index (Phi) is 4.19. The molecule has 0 aliphatic carbocycles. The molecule has 0 spiro atoms. The minimum Gasteiger partial charge on any atom is -0.342 e. The lowest BCUT2D eigenvalue weighted by atomic mass is 9.94. The van der Waals surface area contributed by atoms with Crippen molar-refractivity contribution in [1.29, 1.82) is 0 Å². The van der Waals surface area contributed by atoms with Gasteiger partial charge in [0.05, 0.1) is 11.1 Å². The molecule has 1 N–H and O–H groups in total. The Morgan fingerprint density at radius 2 is 2.06 bits per heavy atom. The van der Waals surface area contributed by atoms with Crippen LogP contribution < -0.4 is 5.32 Å². The Balaban J connectivity index is 2.21. The smallest absolute Gasteiger partial charge is 0.252 e. The first-order valence-electron chi connectivity index (χ1n) is 5.62. The highest BCUT2D eigenvalue weighted by atomic mass is 79.9. The van der Waals surface area contributed by atoms with Crippen molar-refractivity contribution in [2.75, 3.05) is 5.33 Å². The number of halogens is 1. The molecular formula is C14H14BrNOS. The highest BCUT2D eigenvalue weighted by molar-refractivity contribution is 9.09. The van der Waals surface area contributed by atoms with Crippen LogP contribution in [0.1, 0.15) is 22.8 Å². The van der Waals surface area contributed by atoms with Gasteiger partial charge in [0.1, 0.15) is 0 Å². The third-order valence-corrected chi connectivity index (χ3v) is 4.66. The lowest BCUT2D eigenvalue weighted by Crippen LogP contribution is -2.44. The van der Waals surface area contributed by atoms with E-state index in [1.54, 1.807) is 0 Å². The zero-order valence-electron chi connectivity index (χ0n) is 10.0. The van der Waals surface area contributed by atoms with Crippen LogP contribution in [0.25, 0.3) is 0 Å². The van der Waals surface area contributed by atoms with Crippen molar-refractivity contribution in [3.8, 4) is 0 Å². The normalized spacial score (nSPS) is 13.9. The van der Waals surface area contributed by atoms with Gasteiger partial charge in [-0.2, -0.15) is 11.3 Å². The van der Waals surface area contributed by atoms with Crippen LogP contribution in [0.15, 0.2) is 47.2 Å². The van der Waals surface area contributed by atoms with Crippen LogP contribution in [0.2, 0.25) is 0 Å². The number of hydrogen-bond donors (Lipinski definition) is 1. The Hall–Kier alpha value is -1.13. The van der Waals surface area contributed by atoms with E-state index in [-0.39, 0.29) is 5.91 Å². The molecule has 1 aromatic heterocycles. The highest BCUT2D eigenvalue weighted by Crippen LogP contribution is 2.23. The first-order valence-corrected chi connectivity index (χ1v) is 7.68. The number of thiophene rings is 1. The fourth-order valence-corrected chi connectivity index (χ4v) is 2.81. The predicted molar refractivity (Wildman–Crippen MR) is 79.4 cm³/mol. The first kappa shape index (κ1) is 13.3. The predicted octanol–water partition coefficient (Wildman–Crippen LogP) is 3.79. The Morgan fingerprint density at radius 1 is 1.33 bits per heavy atom. The van der Waals surface area contributed by atoms with Gasteiger partial charge in [0.2, 0.25) is 0 Å². The number of amides is 1. The molecule has 0 bridgehead atoms. The van der Waals surface area contributed by atoms with Crippen molar-refractivity contribution >= 4 is 33.2 Å². The van der Waals surface area contributed by atoms with Crippen LogP contribution in [-0.4, -0.2) is 11.2 Å². The number of benzene rings is 1. The van der Waals surface area contributed by atoms with Crippen molar-refractivity contribution in [2.45, 2.75) is 12.5 Å². The van der Waals surface area contributed by atoms with E-state index in [1.165, 1.54) is 11.3 Å². The van der Waals surface area contributed by atoms with Gasteiger partial charge < -0.3 is 5.32 Å². The molecule has 2 aromatic rings. The van der Waals surface area contributed by atoms with Gasteiger partial charge in [-0.3, -0.25) is 4.79 Å². The van der Waals surface area contributed by atoms with E-state index in [2.05, 4.69) is 21.2 Å². The summed E-state index contributed by atoms with van der Waals surface area (Å²) in [4.78, 5) is 12.1. The number of nitrogens with one attached hydrogen (secondary N) is 1. The third kappa shape index (κ3) is 2.82. The molecule has 4 heteroatoms. The standard InChI is InChI=1S/C14H14BrNOS/c1-14(10-15,12-5-3-2-4-6-12)16-13(17)11-7-8-18-9-11/h2-9H,10H2,1H3,(H,16,17). The summed E-state index contributed by atoms with van der Waals surface area (Å²) in [5.41, 5.74) is 1.40. The van der Waals surface area contributed by atoms with Crippen LogP contribution in [0, 0.1) is 0 Å². The third-order valence-electron chi connectivity index (χ3n) is 2.85. The number of hydrogen-bond acceptors (Lipinski definition) is 2. The van der Waals surface area contributed by atoms with Gasteiger partial charge in [0.25, 0.3) is 5.91 Å². The first-order chi connectivity index (χ1) is 8.65. The van der Waals surface area contributed by atoms with Gasteiger partial charge in [-0.1, -0.05) is 46.3 Å². The minimum atomic E-state index is -0.402. The van der Waals surface area contributed by atoms with Gasteiger partial charge >= 0.3 is 0 Å². The van der Waals surface area contributed by atoms with Crippen molar-refractivity contribution in [3.63, 3.8) is 0 Å². The van der Waals surface area contributed by atoms with E-state index in [9.17, 15) is 4.79 Å². The molecule has 0 aliphatic heterocycles. The molecule has 0 radical (unpaired) electrons. The van der Waals surface area contributed by atoms with Gasteiger partial charge in [-0.15, -0.1) is 0 Å². The molecule has 1 heterocycles. The van der Waals surface area contributed by atoms with E-state index < -0.39 is 5.54 Å². The molecule has 1 aromatic carbocycles. The molecule has 2 nitrogen and oxygen atoms in total. The van der Waals surface area contributed by atoms with Crippen molar-refractivity contribution in [1.82, 2.24) is 5.32 Å². The van der Waals surface area contributed by atoms with Crippen LogP contribution in [0.3, 0.4) is 0 Å². The summed E-state index contributed by atoms with van der Waals surface area (Å²) in [7, 11) is 0. The maximum Gasteiger partial charge on any atom is 0.252 e. The molecule has 0 fully saturated rings. The fraction of sp³-hybridized carbons (Fsp3) is 0.214. The summed E-state index contributed by atoms with van der Waals surface area (Å²) in [6.45, 7) is 2.02. The van der Waals surface area contributed by atoms with E-state index in [0.717, 1.165) is 5.56 Å². The average molecular weight is 324 g/mol. The fourth-order valence-electron chi connectivity index (χ4n) is 1.71. The summed E-state index contributed by atoms with van der Waals surface area (Å²) in [6, 6.07) is 11.8. The maximum atomic E-state index is 12.1. The lowest BCUT2D eigenvalue weighted by molar-refractivity contribution is 0.0914. The second kappa shape index (κ2) is 5.67. The topological polar surface area (TPSA) is 29.1 Å². The van der Waals surface area contributed by atoms with Crippen molar-refractivity contribution < 1.29 is 4.79 Å². The molecule has 94 valence electrons. The van der Waals surface area contributed by atoms with E-state index in [0.29, 0.717) is 10.9 Å². The largest absolute Gasteiger partial charge is 0.342 e. The Labute approximate surface area is 119 Å². The molecule has 1 unspecified atom stereocenters. The molecule has 2 rings (SSSR count). The monoisotopic (exact) mass is 323 g/mol. The minimum absolute atomic E-state index is 0.0398. The van der Waals surface area contributed by atoms with E-state index in [4.69, 9.17) is 0 Å². The van der Waals surface area contributed by atoms with Crippen LogP contribution in [0.5, 0.6) is 0 Å². The van der Waals surface area contributed by atoms with Crippen molar-refractivity contribution in [3.05, 3.63) is 58.3 Å². The number of carbonyl (C=O) groups excluding carboxylic acids is 1. The second-order valence-corrected chi connectivity index (χ2v) is 5.64. The number of alkyl halides is 1. The molecule has 0 saturated carbocycles. The molecule has 18 heavy (non-hydrogen) atoms. The quantitative estimate of drug-likeness (QED) is 0.852. The summed E-state index contributed by atoms with van der Waals surface area (Å²) in [6.07, 6.45) is 0. The van der Waals surface area contributed by atoms with Gasteiger partial charge in [0.15, 0.2) is 0 Å². The Bertz CT molecular complexity index is 512. The van der Waals surface area contributed by atoms with Gasteiger partial charge in [0, 0.05) is 10.7 Å². The molecule has 0 aliphatic rings. The van der Waals surface area contributed by atoms with Crippen LogP contribution in [-0.2, 0) is 5.54 Å². The SMILES string of the molecule is CC(CBr)(NC(=O)c1ccsc1)c1ccccc1. The van der Waals surface area contributed by atoms with Gasteiger partial charge in [-0.25, -0.2) is 0 Å². The highest BCUT2D eigenvalue weighted by Gasteiger charge is 2.27. The van der Waals surface area contributed by atoms with Crippen LogP contribution >= 0.6 is 27.3 Å². The molecule has 0 saturated heterocycles. The van der Waals surface area contributed by atoms with E-state index >= 15 is 0 Å². The van der Waals surface area contributed by atoms with Crippen molar-refractivity contribution in [2.24, 2.45) is 0 Å². The summed E-state index contributed by atoms with van der Waals surface area (Å²) in [5, 5.41) is 7.51. The lowest BCUT2D eigenvalue weighted by Gasteiger charge is -2.29. The summed E-state index contributed by atoms with van der Waals surface area (Å²) >= 11 is 5.01. The Morgan fingerprint density at radius 3 is 2.61 bits per heavy atom. The summed E-state index contributed by atoms with van der Waals surface area (Å²) < 4.78 is 0. The van der Waals surface area contributed by atoms with Crippen LogP contribution in [0.4, 0.5) is 0 Å².